The number of nitrogens with zero attached hydrogens (tertiary/aromatic N) is 6. The Kier molecular flexibility index (Phi) is 4.85. The summed E-state index contributed by atoms with van der Waals surface area (Å²) in [5.41, 5.74) is 1.97. The van der Waals surface area contributed by atoms with E-state index in [1.165, 1.54) is 11.3 Å². The van der Waals surface area contributed by atoms with Crippen LogP contribution in [0.15, 0.2) is 30.0 Å². The molecule has 1 aliphatic rings. The molecule has 1 fully saturated rings. The number of rotatable bonds is 4. The van der Waals surface area contributed by atoms with Crippen molar-refractivity contribution in [2.75, 3.05) is 23.3 Å². The van der Waals surface area contributed by atoms with Gasteiger partial charge in [0.2, 0.25) is 5.91 Å². The van der Waals surface area contributed by atoms with Crippen molar-refractivity contribution in [2.24, 2.45) is 5.92 Å². The van der Waals surface area contributed by atoms with Crippen LogP contribution in [-0.2, 0) is 4.79 Å². The molecule has 1 atom stereocenters. The number of nitrogens with one attached hydrogen (secondary N) is 1. The zero-order valence-corrected chi connectivity index (χ0v) is 16.1. The monoisotopic (exact) mass is 383 g/mol. The van der Waals surface area contributed by atoms with Gasteiger partial charge in [0.15, 0.2) is 10.9 Å². The molecular formula is C18H21N7OS. The van der Waals surface area contributed by atoms with E-state index in [2.05, 4.69) is 30.3 Å². The number of anilines is 2. The predicted octanol–water partition coefficient (Wildman–Crippen LogP) is 2.59. The topological polar surface area (TPSA) is 88.8 Å². The van der Waals surface area contributed by atoms with Crippen molar-refractivity contribution in [1.82, 2.24) is 24.7 Å². The summed E-state index contributed by atoms with van der Waals surface area (Å²) in [6.07, 6.45) is 5.05. The smallest absolute Gasteiger partial charge is 0.231 e. The highest BCUT2D eigenvalue weighted by Crippen LogP contribution is 2.24. The van der Waals surface area contributed by atoms with E-state index >= 15 is 0 Å². The molecule has 3 aromatic rings. The van der Waals surface area contributed by atoms with Crippen LogP contribution >= 0.6 is 11.3 Å². The number of hydrogen-bond acceptors (Lipinski definition) is 7. The number of thiazole rings is 1. The third kappa shape index (κ3) is 3.82. The molecule has 8 nitrogen and oxygen atoms in total. The molecule has 0 saturated carbocycles. The molecule has 9 heteroatoms. The number of aromatic nitrogens is 5. The summed E-state index contributed by atoms with van der Waals surface area (Å²) >= 11 is 1.43. The maximum Gasteiger partial charge on any atom is 0.231 e. The summed E-state index contributed by atoms with van der Waals surface area (Å²) < 4.78 is 1.82. The lowest BCUT2D eigenvalue weighted by Crippen LogP contribution is -2.41. The number of carbonyl (C=O) groups is 1. The maximum atomic E-state index is 12.6. The van der Waals surface area contributed by atoms with E-state index in [4.69, 9.17) is 0 Å². The Hall–Kier alpha value is -2.81. The van der Waals surface area contributed by atoms with Crippen molar-refractivity contribution < 1.29 is 4.79 Å². The SMILES string of the molecule is Cc1cc(C)n(-c2cc(N3CCC[C@@H](C(=O)Nc4nccs4)C3)ncn2)n1. The minimum atomic E-state index is -0.0882. The molecule has 0 radical (unpaired) electrons. The highest BCUT2D eigenvalue weighted by molar-refractivity contribution is 7.13. The fourth-order valence-corrected chi connectivity index (χ4v) is 3.91. The highest BCUT2D eigenvalue weighted by atomic mass is 32.1. The van der Waals surface area contributed by atoms with E-state index in [9.17, 15) is 4.79 Å². The molecule has 1 aliphatic heterocycles. The molecule has 4 heterocycles. The first-order chi connectivity index (χ1) is 13.1. The van der Waals surface area contributed by atoms with Crippen LogP contribution in [-0.4, -0.2) is 43.7 Å². The van der Waals surface area contributed by atoms with Crippen LogP contribution in [0.2, 0.25) is 0 Å². The Balaban J connectivity index is 1.50. The zero-order valence-electron chi connectivity index (χ0n) is 15.3. The molecule has 4 rings (SSSR count). The Bertz CT molecular complexity index is 937. The van der Waals surface area contributed by atoms with E-state index < -0.39 is 0 Å². The molecule has 0 aliphatic carbocycles. The lowest BCUT2D eigenvalue weighted by Gasteiger charge is -2.32. The van der Waals surface area contributed by atoms with Crippen molar-refractivity contribution in [3.63, 3.8) is 0 Å². The molecule has 27 heavy (non-hydrogen) atoms. The van der Waals surface area contributed by atoms with Crippen LogP contribution in [0.5, 0.6) is 0 Å². The molecule has 0 aromatic carbocycles. The van der Waals surface area contributed by atoms with Crippen LogP contribution < -0.4 is 10.2 Å². The van der Waals surface area contributed by atoms with Gasteiger partial charge in [-0.15, -0.1) is 11.3 Å². The number of aryl methyl sites for hydroxylation is 2. The summed E-state index contributed by atoms with van der Waals surface area (Å²) in [6.45, 7) is 5.46. The lowest BCUT2D eigenvalue weighted by molar-refractivity contribution is -0.120. The molecular weight excluding hydrogens is 362 g/mol. The van der Waals surface area contributed by atoms with Gasteiger partial charge in [0.25, 0.3) is 0 Å². The second kappa shape index (κ2) is 7.43. The molecule has 1 saturated heterocycles. The number of amides is 1. The fourth-order valence-electron chi connectivity index (χ4n) is 3.38. The van der Waals surface area contributed by atoms with Gasteiger partial charge in [-0.05, 0) is 32.8 Å². The van der Waals surface area contributed by atoms with Crippen molar-refractivity contribution in [3.8, 4) is 5.82 Å². The largest absolute Gasteiger partial charge is 0.356 e. The van der Waals surface area contributed by atoms with Crippen LogP contribution in [0.4, 0.5) is 10.9 Å². The van der Waals surface area contributed by atoms with Crippen molar-refractivity contribution in [1.29, 1.82) is 0 Å². The van der Waals surface area contributed by atoms with E-state index in [0.717, 1.165) is 42.4 Å². The van der Waals surface area contributed by atoms with Crippen LogP contribution in [0.25, 0.3) is 5.82 Å². The second-order valence-corrected chi connectivity index (χ2v) is 7.58. The standard InChI is InChI=1S/C18H21N7OS/c1-12-8-13(2)25(23-12)16-9-15(20-11-21-16)24-6-3-4-14(10-24)17(26)22-18-19-5-7-27-18/h5,7-9,11,14H,3-4,6,10H2,1-2H3,(H,19,22,26)/t14-/m1/s1. The molecule has 1 amide bonds. The van der Waals surface area contributed by atoms with Gasteiger partial charge in [-0.1, -0.05) is 0 Å². The maximum absolute atomic E-state index is 12.6. The average Bonchev–Trinajstić information content (AvgIpc) is 3.31. The summed E-state index contributed by atoms with van der Waals surface area (Å²) in [6, 6.07) is 3.95. The minimum Gasteiger partial charge on any atom is -0.356 e. The summed E-state index contributed by atoms with van der Waals surface area (Å²) in [5.74, 6) is 1.48. The second-order valence-electron chi connectivity index (χ2n) is 6.68. The van der Waals surface area contributed by atoms with Gasteiger partial charge in [0.1, 0.15) is 12.1 Å². The van der Waals surface area contributed by atoms with Crippen molar-refractivity contribution in [2.45, 2.75) is 26.7 Å². The predicted molar refractivity (Wildman–Crippen MR) is 104 cm³/mol. The third-order valence-electron chi connectivity index (χ3n) is 4.64. The lowest BCUT2D eigenvalue weighted by atomic mass is 9.97. The summed E-state index contributed by atoms with van der Waals surface area (Å²) in [7, 11) is 0. The van der Waals surface area contributed by atoms with E-state index in [1.54, 1.807) is 12.5 Å². The quantitative estimate of drug-likeness (QED) is 0.745. The molecule has 140 valence electrons. The van der Waals surface area contributed by atoms with Gasteiger partial charge in [-0.2, -0.15) is 5.10 Å². The number of hydrogen-bond donors (Lipinski definition) is 1. The van der Waals surface area contributed by atoms with E-state index in [1.807, 2.05) is 36.0 Å². The van der Waals surface area contributed by atoms with Crippen LogP contribution in [0.1, 0.15) is 24.2 Å². The Morgan fingerprint density at radius 2 is 2.07 bits per heavy atom. The molecule has 0 unspecified atom stereocenters. The molecule has 0 bridgehead atoms. The summed E-state index contributed by atoms with van der Waals surface area (Å²) in [4.78, 5) is 27.6. The molecule has 1 N–H and O–H groups in total. The van der Waals surface area contributed by atoms with Gasteiger partial charge in [0, 0.05) is 36.4 Å². The first-order valence-electron chi connectivity index (χ1n) is 8.91. The highest BCUT2D eigenvalue weighted by Gasteiger charge is 2.27. The van der Waals surface area contributed by atoms with Gasteiger partial charge in [0.05, 0.1) is 11.6 Å². The van der Waals surface area contributed by atoms with E-state index in [-0.39, 0.29) is 11.8 Å². The zero-order chi connectivity index (χ0) is 18.8. The van der Waals surface area contributed by atoms with Crippen LogP contribution in [0, 0.1) is 19.8 Å². The number of piperidine rings is 1. The van der Waals surface area contributed by atoms with Crippen molar-refractivity contribution >= 4 is 28.2 Å². The van der Waals surface area contributed by atoms with Gasteiger partial charge < -0.3 is 10.2 Å². The molecule has 0 spiro atoms. The number of carbonyl (C=O) groups excluding carboxylic acids is 1. The fraction of sp³-hybridized carbons (Fsp3) is 0.389. The van der Waals surface area contributed by atoms with Gasteiger partial charge in [-0.25, -0.2) is 19.6 Å². The Labute approximate surface area is 161 Å². The Morgan fingerprint density at radius 3 is 2.81 bits per heavy atom. The Morgan fingerprint density at radius 1 is 1.22 bits per heavy atom. The normalized spacial score (nSPS) is 17.1. The average molecular weight is 383 g/mol. The first-order valence-corrected chi connectivity index (χ1v) is 9.79. The summed E-state index contributed by atoms with van der Waals surface area (Å²) in [5, 5.41) is 9.89. The van der Waals surface area contributed by atoms with Gasteiger partial charge in [-0.3, -0.25) is 4.79 Å². The molecule has 3 aromatic heterocycles. The minimum absolute atomic E-state index is 0.0162. The van der Waals surface area contributed by atoms with Crippen LogP contribution in [0.3, 0.4) is 0 Å². The van der Waals surface area contributed by atoms with Crippen molar-refractivity contribution in [3.05, 3.63) is 41.4 Å². The van der Waals surface area contributed by atoms with Gasteiger partial charge >= 0.3 is 0 Å². The third-order valence-corrected chi connectivity index (χ3v) is 5.33. The first kappa shape index (κ1) is 17.6. The van der Waals surface area contributed by atoms with E-state index in [0.29, 0.717) is 11.7 Å².